The lowest BCUT2D eigenvalue weighted by Gasteiger charge is -2.25. The van der Waals surface area contributed by atoms with E-state index in [-0.39, 0.29) is 5.41 Å². The summed E-state index contributed by atoms with van der Waals surface area (Å²) in [5.74, 6) is 0.659. The number of rotatable bonds is 7. The zero-order valence-electron chi connectivity index (χ0n) is 9.35. The second-order valence-corrected chi connectivity index (χ2v) is 7.06. The van der Waals surface area contributed by atoms with Crippen molar-refractivity contribution in [1.29, 1.82) is 0 Å². The first kappa shape index (κ1) is 14.4. The van der Waals surface area contributed by atoms with Crippen molar-refractivity contribution in [2.24, 2.45) is 5.41 Å². The highest BCUT2D eigenvalue weighted by Crippen LogP contribution is 2.28. The Hall–Kier alpha value is 0.430. The minimum absolute atomic E-state index is 0.126. The molecule has 0 spiro atoms. The minimum atomic E-state index is -2.81. The van der Waals surface area contributed by atoms with Crippen LogP contribution in [0.5, 0.6) is 0 Å². The molecule has 0 heterocycles. The first-order valence-corrected chi connectivity index (χ1v) is 8.10. The van der Waals surface area contributed by atoms with E-state index in [1.54, 1.807) is 0 Å². The number of hydrogen-bond acceptors (Lipinski definition) is 2. The molecule has 0 radical (unpaired) electrons. The molecule has 0 amide bonds. The van der Waals surface area contributed by atoms with Gasteiger partial charge in [0, 0.05) is 11.1 Å². The van der Waals surface area contributed by atoms with E-state index >= 15 is 0 Å². The van der Waals surface area contributed by atoms with Crippen molar-refractivity contribution in [3.05, 3.63) is 0 Å². The van der Waals surface area contributed by atoms with E-state index in [2.05, 4.69) is 29.8 Å². The predicted molar refractivity (Wildman–Crippen MR) is 65.8 cm³/mol. The molecular formula is C10H21BrO2S. The molecule has 0 N–H and O–H groups in total. The molecule has 0 aliphatic carbocycles. The molecule has 4 heteroatoms. The zero-order valence-corrected chi connectivity index (χ0v) is 11.7. The van der Waals surface area contributed by atoms with Gasteiger partial charge in [0.25, 0.3) is 0 Å². The highest BCUT2D eigenvalue weighted by molar-refractivity contribution is 9.09. The van der Waals surface area contributed by atoms with Crippen LogP contribution >= 0.6 is 15.9 Å². The first-order chi connectivity index (χ1) is 6.39. The van der Waals surface area contributed by atoms with Crippen LogP contribution in [0.3, 0.4) is 0 Å². The van der Waals surface area contributed by atoms with Gasteiger partial charge in [0.1, 0.15) is 9.84 Å². The smallest absolute Gasteiger partial charge is 0.150 e. The average molecular weight is 285 g/mol. The summed E-state index contributed by atoms with van der Waals surface area (Å²) in [6.45, 7) is 6.14. The van der Waals surface area contributed by atoms with Crippen molar-refractivity contribution in [3.63, 3.8) is 0 Å². The Labute approximate surface area is 96.5 Å². The molecule has 1 unspecified atom stereocenters. The fraction of sp³-hybridized carbons (Fsp3) is 1.00. The summed E-state index contributed by atoms with van der Waals surface area (Å²) in [5, 5.41) is 0.873. The second-order valence-electron chi connectivity index (χ2n) is 4.20. The Morgan fingerprint density at radius 2 is 1.79 bits per heavy atom. The van der Waals surface area contributed by atoms with E-state index < -0.39 is 9.84 Å². The van der Waals surface area contributed by atoms with Gasteiger partial charge in [-0.2, -0.15) is 0 Å². The van der Waals surface area contributed by atoms with Crippen molar-refractivity contribution in [2.45, 2.75) is 40.0 Å². The van der Waals surface area contributed by atoms with Gasteiger partial charge in [-0.25, -0.2) is 8.42 Å². The molecule has 0 aromatic carbocycles. The van der Waals surface area contributed by atoms with Crippen LogP contribution in [0.4, 0.5) is 0 Å². The van der Waals surface area contributed by atoms with Gasteiger partial charge >= 0.3 is 0 Å². The van der Waals surface area contributed by atoms with Crippen LogP contribution in [0.1, 0.15) is 40.0 Å². The molecule has 2 nitrogen and oxygen atoms in total. The van der Waals surface area contributed by atoms with Gasteiger partial charge in [-0.05, 0) is 24.7 Å². The van der Waals surface area contributed by atoms with Gasteiger partial charge in [-0.1, -0.05) is 36.7 Å². The van der Waals surface area contributed by atoms with Crippen molar-refractivity contribution in [3.8, 4) is 0 Å². The summed E-state index contributed by atoms with van der Waals surface area (Å²) in [6, 6.07) is 0. The highest BCUT2D eigenvalue weighted by atomic mass is 79.9. The molecule has 1 atom stereocenters. The van der Waals surface area contributed by atoms with Crippen LogP contribution in [-0.4, -0.2) is 25.3 Å². The van der Waals surface area contributed by atoms with E-state index in [1.165, 1.54) is 0 Å². The maximum absolute atomic E-state index is 11.5. The van der Waals surface area contributed by atoms with E-state index in [9.17, 15) is 8.42 Å². The third kappa shape index (κ3) is 5.35. The largest absolute Gasteiger partial charge is 0.229 e. The molecule has 0 rings (SSSR count). The Morgan fingerprint density at radius 3 is 2.14 bits per heavy atom. The maximum Gasteiger partial charge on any atom is 0.150 e. The molecule has 0 bridgehead atoms. The third-order valence-electron chi connectivity index (χ3n) is 2.71. The summed E-state index contributed by atoms with van der Waals surface area (Å²) in [6.07, 6.45) is 2.50. The third-order valence-corrected chi connectivity index (χ3v) is 5.92. The molecule has 14 heavy (non-hydrogen) atoms. The first-order valence-electron chi connectivity index (χ1n) is 5.15. The van der Waals surface area contributed by atoms with E-state index in [0.717, 1.165) is 24.6 Å². The predicted octanol–water partition coefficient (Wildman–Crippen LogP) is 3.01. The summed E-state index contributed by atoms with van der Waals surface area (Å²) in [5.41, 5.74) is 0.126. The molecule has 0 aromatic heterocycles. The van der Waals surface area contributed by atoms with Gasteiger partial charge in [-0.15, -0.1) is 0 Å². The van der Waals surface area contributed by atoms with Gasteiger partial charge in [0.15, 0.2) is 0 Å². The molecule has 0 aromatic rings. The standard InChI is InChI=1S/C10H21BrO2S/c1-4-7-14(12,13)8-6-10(3,5-2)9-11/h4-9H2,1-3H3. The lowest BCUT2D eigenvalue weighted by molar-refractivity contribution is 0.350. The molecule has 0 saturated carbocycles. The molecule has 0 saturated heterocycles. The van der Waals surface area contributed by atoms with Gasteiger partial charge < -0.3 is 0 Å². The summed E-state index contributed by atoms with van der Waals surface area (Å²) in [4.78, 5) is 0. The van der Waals surface area contributed by atoms with Crippen molar-refractivity contribution in [2.75, 3.05) is 16.8 Å². The van der Waals surface area contributed by atoms with E-state index in [1.807, 2.05) is 6.92 Å². The Morgan fingerprint density at radius 1 is 1.21 bits per heavy atom. The van der Waals surface area contributed by atoms with Crippen molar-refractivity contribution < 1.29 is 8.42 Å². The molecular weight excluding hydrogens is 264 g/mol. The Kier molecular flexibility index (Phi) is 6.30. The number of halogens is 1. The van der Waals surface area contributed by atoms with Gasteiger partial charge in [-0.3, -0.25) is 0 Å². The van der Waals surface area contributed by atoms with Crippen LogP contribution in [0.25, 0.3) is 0 Å². The molecule has 0 fully saturated rings. The van der Waals surface area contributed by atoms with E-state index in [0.29, 0.717) is 11.5 Å². The van der Waals surface area contributed by atoms with Crippen molar-refractivity contribution >= 4 is 25.8 Å². The van der Waals surface area contributed by atoms with Crippen LogP contribution in [0, 0.1) is 5.41 Å². The fourth-order valence-electron chi connectivity index (χ4n) is 1.15. The minimum Gasteiger partial charge on any atom is -0.229 e. The van der Waals surface area contributed by atoms with Crippen LogP contribution < -0.4 is 0 Å². The monoisotopic (exact) mass is 284 g/mol. The Bertz CT molecular complexity index is 243. The van der Waals surface area contributed by atoms with Crippen LogP contribution in [0.15, 0.2) is 0 Å². The fourth-order valence-corrected chi connectivity index (χ4v) is 3.46. The summed E-state index contributed by atoms with van der Waals surface area (Å²) in [7, 11) is -2.81. The van der Waals surface area contributed by atoms with Crippen molar-refractivity contribution in [1.82, 2.24) is 0 Å². The van der Waals surface area contributed by atoms with E-state index in [4.69, 9.17) is 0 Å². The number of sulfone groups is 1. The van der Waals surface area contributed by atoms with Gasteiger partial charge in [0.05, 0.1) is 5.75 Å². The SMILES string of the molecule is CCCS(=O)(=O)CCC(C)(CC)CBr. The normalized spacial score (nSPS) is 16.6. The quantitative estimate of drug-likeness (QED) is 0.674. The lowest BCUT2D eigenvalue weighted by Crippen LogP contribution is -2.23. The molecule has 86 valence electrons. The topological polar surface area (TPSA) is 34.1 Å². The summed E-state index contributed by atoms with van der Waals surface area (Å²) < 4.78 is 23.0. The number of hydrogen-bond donors (Lipinski definition) is 0. The lowest BCUT2D eigenvalue weighted by atomic mass is 9.87. The van der Waals surface area contributed by atoms with Gasteiger partial charge in [0.2, 0.25) is 0 Å². The highest BCUT2D eigenvalue weighted by Gasteiger charge is 2.23. The maximum atomic E-state index is 11.5. The molecule has 0 aliphatic heterocycles. The zero-order chi connectivity index (χ0) is 11.2. The molecule has 0 aliphatic rings. The van der Waals surface area contributed by atoms with Crippen LogP contribution in [-0.2, 0) is 9.84 Å². The second kappa shape index (κ2) is 6.11. The summed E-state index contributed by atoms with van der Waals surface area (Å²) >= 11 is 3.44. The average Bonchev–Trinajstić information content (AvgIpc) is 2.14. The Balaban J connectivity index is 4.16. The van der Waals surface area contributed by atoms with Crippen LogP contribution in [0.2, 0.25) is 0 Å². The number of alkyl halides is 1.